The van der Waals surface area contributed by atoms with E-state index >= 15 is 0 Å². The summed E-state index contributed by atoms with van der Waals surface area (Å²) in [6, 6.07) is 1.50. The van der Waals surface area contributed by atoms with Gasteiger partial charge in [0.1, 0.15) is 22.8 Å². The van der Waals surface area contributed by atoms with E-state index in [2.05, 4.69) is 0 Å². The van der Waals surface area contributed by atoms with E-state index in [1.54, 1.807) is 0 Å². The number of carbonyl (C=O) groups excluding carboxylic acids is 4. The molecule has 1 fully saturated rings. The molecule has 174 valence electrons. The number of aliphatic hydroxyl groups excluding tert-OH is 2. The van der Waals surface area contributed by atoms with Crippen LogP contribution in [0.2, 0.25) is 0 Å². The van der Waals surface area contributed by atoms with Gasteiger partial charge >= 0.3 is 0 Å². The van der Waals surface area contributed by atoms with Crippen molar-refractivity contribution in [2.45, 2.75) is 31.4 Å². The van der Waals surface area contributed by atoms with E-state index in [4.69, 9.17) is 5.73 Å². The SMILES string of the molecule is CC(=O)c1ccc(O)c2c1C[C@H]1C[C@H]3[C@H](N(C)C)C(=O)C(C(N)=O)=C(O)[C@@]3(O)C(=O)C1=C2O. The Morgan fingerprint density at radius 2 is 1.79 bits per heavy atom. The second-order valence-electron chi connectivity index (χ2n) is 9.00. The molecule has 0 saturated heterocycles. The molecule has 33 heavy (non-hydrogen) atoms. The number of phenolic OH excluding ortho intramolecular Hbond substituents is 1. The molecule has 1 amide bonds. The Morgan fingerprint density at radius 3 is 2.33 bits per heavy atom. The number of ketones is 3. The molecule has 4 atom stereocenters. The summed E-state index contributed by atoms with van der Waals surface area (Å²) >= 11 is 0. The van der Waals surface area contributed by atoms with Gasteiger partial charge in [0.25, 0.3) is 5.91 Å². The Labute approximate surface area is 188 Å². The maximum absolute atomic E-state index is 13.6. The minimum Gasteiger partial charge on any atom is -0.508 e. The number of primary amides is 1. The van der Waals surface area contributed by atoms with Gasteiger partial charge in [0.15, 0.2) is 17.2 Å². The van der Waals surface area contributed by atoms with Crippen LogP contribution >= 0.6 is 0 Å². The first-order chi connectivity index (χ1) is 15.3. The van der Waals surface area contributed by atoms with Crippen molar-refractivity contribution < 1.29 is 39.6 Å². The number of rotatable bonds is 3. The predicted octanol–water partition coefficient (Wildman–Crippen LogP) is 0.167. The zero-order valence-corrected chi connectivity index (χ0v) is 18.2. The molecular formula is C23H24N2O8. The maximum Gasteiger partial charge on any atom is 0.255 e. The third-order valence-electron chi connectivity index (χ3n) is 6.98. The van der Waals surface area contributed by atoms with Crippen molar-refractivity contribution in [3.05, 3.63) is 45.7 Å². The predicted molar refractivity (Wildman–Crippen MR) is 114 cm³/mol. The topological polar surface area (TPSA) is 178 Å². The average Bonchev–Trinajstić information content (AvgIpc) is 2.70. The summed E-state index contributed by atoms with van der Waals surface area (Å²) in [5.41, 5.74) is 2.01. The van der Waals surface area contributed by atoms with Gasteiger partial charge in [0, 0.05) is 17.1 Å². The summed E-state index contributed by atoms with van der Waals surface area (Å²) in [7, 11) is 3.05. The van der Waals surface area contributed by atoms with Crippen molar-refractivity contribution in [2.24, 2.45) is 17.6 Å². The summed E-state index contributed by atoms with van der Waals surface area (Å²) in [4.78, 5) is 52.2. The number of fused-ring (bicyclic) bond motifs is 3. The van der Waals surface area contributed by atoms with Gasteiger partial charge in [-0.05, 0) is 57.5 Å². The van der Waals surface area contributed by atoms with Crippen LogP contribution in [-0.4, -0.2) is 74.3 Å². The molecule has 4 rings (SSSR count). The van der Waals surface area contributed by atoms with E-state index in [9.17, 15) is 39.6 Å². The van der Waals surface area contributed by atoms with Gasteiger partial charge in [-0.3, -0.25) is 24.1 Å². The van der Waals surface area contributed by atoms with Crippen LogP contribution in [0.25, 0.3) is 5.76 Å². The van der Waals surface area contributed by atoms with Crippen molar-refractivity contribution >= 4 is 29.0 Å². The number of nitrogens with zero attached hydrogens (tertiary/aromatic N) is 1. The van der Waals surface area contributed by atoms with E-state index in [1.807, 2.05) is 0 Å². The molecule has 0 heterocycles. The third kappa shape index (κ3) is 2.87. The number of phenols is 1. The molecule has 3 aliphatic rings. The zero-order chi connectivity index (χ0) is 24.6. The zero-order valence-electron chi connectivity index (χ0n) is 18.2. The van der Waals surface area contributed by atoms with Crippen LogP contribution in [0, 0.1) is 11.8 Å². The largest absolute Gasteiger partial charge is 0.508 e. The molecule has 1 saturated carbocycles. The number of likely N-dealkylation sites (N-methyl/N-ethyl adjacent to an activating group) is 1. The van der Waals surface area contributed by atoms with Gasteiger partial charge in [0.05, 0.1) is 11.6 Å². The van der Waals surface area contributed by atoms with E-state index in [0.29, 0.717) is 5.56 Å². The van der Waals surface area contributed by atoms with Crippen LogP contribution in [-0.2, 0) is 20.8 Å². The van der Waals surface area contributed by atoms with Crippen molar-refractivity contribution in [3.8, 4) is 5.75 Å². The van der Waals surface area contributed by atoms with E-state index in [1.165, 1.54) is 38.1 Å². The first kappa shape index (κ1) is 22.7. The fourth-order valence-corrected chi connectivity index (χ4v) is 5.57. The number of nitrogens with two attached hydrogens (primary N) is 1. The lowest BCUT2D eigenvalue weighted by Gasteiger charge is -2.50. The molecule has 0 unspecified atom stereocenters. The number of hydrogen-bond acceptors (Lipinski definition) is 9. The first-order valence-corrected chi connectivity index (χ1v) is 10.3. The standard InChI is InChI=1S/C23H24N2O8/c1-8(26)10-4-5-13(27)15-11(10)6-9-7-12-17(25(2)3)19(29)16(22(24)32)21(31)23(12,33)20(30)14(9)18(15)28/h4-5,9,12,17,27-28,31,33H,6-7H2,1-3H3,(H2,24,32)/t9-,12-,17-,23-/m0/s1. The fourth-order valence-electron chi connectivity index (χ4n) is 5.57. The van der Waals surface area contributed by atoms with Crippen LogP contribution in [0.4, 0.5) is 0 Å². The lowest BCUT2D eigenvalue weighted by atomic mass is 9.57. The van der Waals surface area contributed by atoms with Crippen LogP contribution in [0.1, 0.15) is 34.8 Å². The molecule has 0 radical (unpaired) electrons. The Balaban J connectivity index is 2.00. The Hall–Kier alpha value is -3.50. The molecule has 6 N–H and O–H groups in total. The molecule has 1 aromatic rings. The Morgan fingerprint density at radius 1 is 1.15 bits per heavy atom. The summed E-state index contributed by atoms with van der Waals surface area (Å²) in [6.45, 7) is 1.34. The molecule has 0 aromatic heterocycles. The maximum atomic E-state index is 13.6. The molecule has 1 aromatic carbocycles. The van der Waals surface area contributed by atoms with Crippen LogP contribution in [0.5, 0.6) is 5.75 Å². The first-order valence-electron chi connectivity index (χ1n) is 10.3. The van der Waals surface area contributed by atoms with Crippen molar-refractivity contribution in [1.29, 1.82) is 0 Å². The summed E-state index contributed by atoms with van der Waals surface area (Å²) in [6.07, 6.45) is 0.0522. The fraction of sp³-hybridized carbons (Fsp3) is 0.391. The highest BCUT2D eigenvalue weighted by Gasteiger charge is 2.64. The average molecular weight is 456 g/mol. The second-order valence-corrected chi connectivity index (χ2v) is 9.00. The van der Waals surface area contributed by atoms with E-state index < -0.39 is 58.0 Å². The van der Waals surface area contributed by atoms with Gasteiger partial charge in [-0.2, -0.15) is 0 Å². The summed E-state index contributed by atoms with van der Waals surface area (Å²) in [5.74, 6) is -7.48. The van der Waals surface area contributed by atoms with Crippen molar-refractivity contribution in [2.75, 3.05) is 14.1 Å². The molecule has 0 aliphatic heterocycles. The lowest BCUT2D eigenvalue weighted by molar-refractivity contribution is -0.153. The monoisotopic (exact) mass is 456 g/mol. The number of benzene rings is 1. The molecule has 10 heteroatoms. The van der Waals surface area contributed by atoms with E-state index in [-0.39, 0.29) is 41.1 Å². The van der Waals surface area contributed by atoms with Gasteiger partial charge < -0.3 is 26.2 Å². The number of aromatic hydroxyl groups is 1. The highest BCUT2D eigenvalue weighted by atomic mass is 16.3. The Kier molecular flexibility index (Phi) is 4.99. The second kappa shape index (κ2) is 7.26. The number of hydrogen-bond donors (Lipinski definition) is 5. The highest BCUT2D eigenvalue weighted by molar-refractivity contribution is 6.24. The molecule has 10 nitrogen and oxygen atoms in total. The number of amides is 1. The van der Waals surface area contributed by atoms with Crippen molar-refractivity contribution in [3.63, 3.8) is 0 Å². The smallest absolute Gasteiger partial charge is 0.255 e. The molecule has 3 aliphatic carbocycles. The normalized spacial score (nSPS) is 29.1. The summed E-state index contributed by atoms with van der Waals surface area (Å²) < 4.78 is 0. The lowest BCUT2D eigenvalue weighted by Crippen LogP contribution is -2.65. The quantitative estimate of drug-likeness (QED) is 0.313. The van der Waals surface area contributed by atoms with Gasteiger partial charge in [-0.1, -0.05) is 0 Å². The van der Waals surface area contributed by atoms with Crippen LogP contribution in [0.3, 0.4) is 0 Å². The Bertz CT molecular complexity index is 1210. The van der Waals surface area contributed by atoms with E-state index in [0.717, 1.165) is 0 Å². The number of Topliss-reactive ketones (excluding diaryl/α,β-unsaturated/α-hetero) is 3. The minimum atomic E-state index is -2.68. The minimum absolute atomic E-state index is 0.0290. The van der Waals surface area contributed by atoms with Gasteiger partial charge in [0.2, 0.25) is 5.78 Å². The molecule has 0 spiro atoms. The van der Waals surface area contributed by atoms with Gasteiger partial charge in [-0.15, -0.1) is 0 Å². The van der Waals surface area contributed by atoms with Crippen LogP contribution < -0.4 is 5.73 Å². The van der Waals surface area contributed by atoms with Gasteiger partial charge in [-0.25, -0.2) is 0 Å². The van der Waals surface area contributed by atoms with Crippen molar-refractivity contribution in [1.82, 2.24) is 4.90 Å². The summed E-state index contributed by atoms with van der Waals surface area (Å²) in [5, 5.41) is 43.6. The number of carbonyl (C=O) groups is 4. The van der Waals surface area contributed by atoms with Crippen LogP contribution in [0.15, 0.2) is 29.0 Å². The third-order valence-corrected chi connectivity index (χ3v) is 6.98. The highest BCUT2D eigenvalue weighted by Crippen LogP contribution is 2.52. The molecule has 0 bridgehead atoms. The number of aliphatic hydroxyl groups is 3. The molecular weight excluding hydrogens is 432 g/mol.